The fourth-order valence-corrected chi connectivity index (χ4v) is 9.32. The summed E-state index contributed by atoms with van der Waals surface area (Å²) in [7, 11) is 0. The van der Waals surface area contributed by atoms with E-state index in [4.69, 9.17) is 0 Å². The number of carbonyl (C=O) groups is 6. The number of piperidine rings is 2. The highest BCUT2D eigenvalue weighted by Gasteiger charge is 2.46. The average molecular weight is 743 g/mol. The summed E-state index contributed by atoms with van der Waals surface area (Å²) < 4.78 is 0. The number of hydrogen-bond donors (Lipinski definition) is 3. The zero-order chi connectivity index (χ0) is 38.1. The number of hydrogen-bond acceptors (Lipinski definition) is 9. The summed E-state index contributed by atoms with van der Waals surface area (Å²) in [5.74, 6) is -2.45. The molecule has 2 saturated heterocycles. The SMILES string of the molecule is CCc1cc2c(cc1N1CCC(NC(=O)CSc3cccc4c3C(=O)N(C3CCC(=O)NC3=O)C4=O)CC1)C(C)(C)c1[nH]c3cc(C#N)ccc3c1C2=O. The molecule has 13 heteroatoms. The van der Waals surface area contributed by atoms with Crippen LogP contribution in [0.1, 0.15) is 105 Å². The molecule has 4 aromatic rings. The molecule has 4 aliphatic rings. The predicted octanol–water partition coefficient (Wildman–Crippen LogP) is 4.75. The number of ketones is 1. The molecule has 0 spiro atoms. The van der Waals surface area contributed by atoms with Gasteiger partial charge in [0.05, 0.1) is 34.1 Å². The van der Waals surface area contributed by atoms with Crippen LogP contribution in [0.4, 0.5) is 5.69 Å². The summed E-state index contributed by atoms with van der Waals surface area (Å²) in [5.41, 5.74) is 6.54. The Hall–Kier alpha value is -5.74. The van der Waals surface area contributed by atoms with Gasteiger partial charge in [0.25, 0.3) is 11.8 Å². The molecule has 0 radical (unpaired) electrons. The van der Waals surface area contributed by atoms with Crippen LogP contribution in [-0.2, 0) is 26.2 Å². The van der Waals surface area contributed by atoms with E-state index < -0.39 is 35.1 Å². The average Bonchev–Trinajstić information content (AvgIpc) is 3.68. The third kappa shape index (κ3) is 5.67. The topological polar surface area (TPSA) is 173 Å². The summed E-state index contributed by atoms with van der Waals surface area (Å²) in [5, 5.41) is 15.6. The normalized spacial score (nSPS) is 19.4. The number of rotatable bonds is 7. The molecular formula is C41H38N6O6S. The molecule has 0 saturated carbocycles. The van der Waals surface area contributed by atoms with Crippen LogP contribution in [0.2, 0.25) is 0 Å². The predicted molar refractivity (Wildman–Crippen MR) is 202 cm³/mol. The number of nitrogens with one attached hydrogen (secondary N) is 3. The van der Waals surface area contributed by atoms with E-state index in [1.807, 2.05) is 12.1 Å². The highest BCUT2D eigenvalue weighted by molar-refractivity contribution is 8.00. The molecule has 3 N–H and O–H groups in total. The van der Waals surface area contributed by atoms with Crippen molar-refractivity contribution in [3.8, 4) is 6.07 Å². The Morgan fingerprint density at radius 1 is 0.981 bits per heavy atom. The Kier molecular flexibility index (Phi) is 8.68. The van der Waals surface area contributed by atoms with Crippen LogP contribution in [0.15, 0.2) is 53.4 Å². The summed E-state index contributed by atoms with van der Waals surface area (Å²) in [6.07, 6.45) is 2.30. The minimum atomic E-state index is -1.06. The van der Waals surface area contributed by atoms with Crippen LogP contribution < -0.4 is 15.5 Å². The third-order valence-electron chi connectivity index (χ3n) is 11.3. The van der Waals surface area contributed by atoms with Crippen molar-refractivity contribution in [1.82, 2.24) is 20.5 Å². The Labute approximate surface area is 315 Å². The lowest BCUT2D eigenvalue weighted by Gasteiger charge is -2.38. The molecule has 5 amide bonds. The van der Waals surface area contributed by atoms with Crippen LogP contribution in [0.5, 0.6) is 0 Å². The molecule has 2 fully saturated rings. The molecule has 1 aromatic heterocycles. The first-order valence-corrected chi connectivity index (χ1v) is 19.2. The molecule has 1 atom stereocenters. The number of carbonyl (C=O) groups excluding carboxylic acids is 6. The third-order valence-corrected chi connectivity index (χ3v) is 12.3. The van der Waals surface area contributed by atoms with Gasteiger partial charge < -0.3 is 15.2 Å². The molecule has 274 valence electrons. The molecule has 1 unspecified atom stereocenters. The number of thioether (sulfide) groups is 1. The molecule has 12 nitrogen and oxygen atoms in total. The first-order chi connectivity index (χ1) is 25.9. The minimum Gasteiger partial charge on any atom is -0.371 e. The van der Waals surface area contributed by atoms with Crippen molar-refractivity contribution < 1.29 is 28.8 Å². The van der Waals surface area contributed by atoms with Gasteiger partial charge in [0.1, 0.15) is 6.04 Å². The van der Waals surface area contributed by atoms with Crippen LogP contribution in [-0.4, -0.2) is 76.1 Å². The number of amides is 5. The Bertz CT molecular complexity index is 2380. The second kappa shape index (κ2) is 13.3. The van der Waals surface area contributed by atoms with Gasteiger partial charge in [0.15, 0.2) is 5.78 Å². The number of H-pyrrole nitrogens is 1. The van der Waals surface area contributed by atoms with Gasteiger partial charge in [-0.25, -0.2) is 0 Å². The highest BCUT2D eigenvalue weighted by Crippen LogP contribution is 2.46. The monoisotopic (exact) mass is 742 g/mol. The molecule has 0 bridgehead atoms. The fraction of sp³-hybridized carbons (Fsp3) is 0.341. The number of nitriles is 1. The molecule has 3 aliphatic heterocycles. The van der Waals surface area contributed by atoms with Crippen LogP contribution in [0.3, 0.4) is 0 Å². The van der Waals surface area contributed by atoms with E-state index >= 15 is 0 Å². The number of benzene rings is 3. The van der Waals surface area contributed by atoms with Gasteiger partial charge in [-0.2, -0.15) is 5.26 Å². The van der Waals surface area contributed by atoms with E-state index in [0.29, 0.717) is 34.7 Å². The zero-order valence-corrected chi connectivity index (χ0v) is 30.9. The molecule has 8 rings (SSSR count). The van der Waals surface area contributed by atoms with Crippen molar-refractivity contribution in [2.45, 2.75) is 75.3 Å². The van der Waals surface area contributed by atoms with Crippen LogP contribution in [0, 0.1) is 11.3 Å². The molecule has 4 heterocycles. The maximum atomic E-state index is 14.1. The lowest BCUT2D eigenvalue weighted by molar-refractivity contribution is -0.136. The van der Waals surface area contributed by atoms with Crippen molar-refractivity contribution in [2.24, 2.45) is 0 Å². The van der Waals surface area contributed by atoms with Crippen molar-refractivity contribution in [3.05, 3.63) is 93.2 Å². The minimum absolute atomic E-state index is 0.0149. The quantitative estimate of drug-likeness (QED) is 0.179. The van der Waals surface area contributed by atoms with Crippen LogP contribution in [0.25, 0.3) is 10.9 Å². The second-order valence-corrected chi connectivity index (χ2v) is 15.8. The maximum absolute atomic E-state index is 14.1. The van der Waals surface area contributed by atoms with Gasteiger partial charge >= 0.3 is 0 Å². The van der Waals surface area contributed by atoms with Gasteiger partial charge in [0, 0.05) is 63.7 Å². The summed E-state index contributed by atoms with van der Waals surface area (Å²) in [4.78, 5) is 85.2. The molecular weight excluding hydrogens is 705 g/mol. The van der Waals surface area contributed by atoms with Gasteiger partial charge in [-0.15, -0.1) is 11.8 Å². The number of anilines is 1. The Morgan fingerprint density at radius 2 is 1.76 bits per heavy atom. The number of aromatic nitrogens is 1. The number of nitrogens with zero attached hydrogens (tertiary/aromatic N) is 3. The Balaban J connectivity index is 0.932. The van der Waals surface area contributed by atoms with E-state index in [9.17, 15) is 34.0 Å². The van der Waals surface area contributed by atoms with E-state index in [1.54, 1.807) is 24.3 Å². The fourth-order valence-electron chi connectivity index (χ4n) is 8.44. The summed E-state index contributed by atoms with van der Waals surface area (Å²) in [6.45, 7) is 7.77. The number of aryl methyl sites for hydroxylation is 1. The zero-order valence-electron chi connectivity index (χ0n) is 30.1. The second-order valence-electron chi connectivity index (χ2n) is 14.8. The highest BCUT2D eigenvalue weighted by atomic mass is 32.2. The van der Waals surface area contributed by atoms with E-state index in [0.717, 1.165) is 57.6 Å². The first-order valence-electron chi connectivity index (χ1n) is 18.2. The molecule has 3 aromatic carbocycles. The van der Waals surface area contributed by atoms with E-state index in [2.05, 4.69) is 53.4 Å². The number of imide groups is 2. The lowest BCUT2D eigenvalue weighted by atomic mass is 9.70. The number of fused-ring (bicyclic) bond motifs is 5. The van der Waals surface area contributed by atoms with Gasteiger partial charge in [-0.1, -0.05) is 32.9 Å². The smallest absolute Gasteiger partial charge is 0.263 e. The van der Waals surface area contributed by atoms with E-state index in [1.165, 1.54) is 17.8 Å². The molecule has 1 aliphatic carbocycles. The van der Waals surface area contributed by atoms with E-state index in [-0.39, 0.29) is 47.5 Å². The standard InChI is InChI=1S/C41H38N6O6S/c1-4-22-17-26-27(41(2,3)37-35(36(26)50)24-9-8-21(19-42)16-28(24)44-37)18-30(22)46-14-12-23(13-15-46)43-33(49)20-54-31-7-5-6-25-34(31)40(53)47(39(25)52)29-10-11-32(48)45-38(29)51/h5-9,16-18,23,29,44H,4,10-15,20H2,1-3H3,(H,43,49)(H,45,48,51). The van der Waals surface area contributed by atoms with Gasteiger partial charge in [-0.3, -0.25) is 39.0 Å². The van der Waals surface area contributed by atoms with Crippen LogP contribution >= 0.6 is 11.8 Å². The van der Waals surface area contributed by atoms with Crippen molar-refractivity contribution in [1.29, 1.82) is 5.26 Å². The molecule has 54 heavy (non-hydrogen) atoms. The van der Waals surface area contributed by atoms with Crippen molar-refractivity contribution >= 4 is 63.7 Å². The largest absolute Gasteiger partial charge is 0.371 e. The summed E-state index contributed by atoms with van der Waals surface area (Å²) >= 11 is 1.17. The van der Waals surface area contributed by atoms with Gasteiger partial charge in [0.2, 0.25) is 17.7 Å². The maximum Gasteiger partial charge on any atom is 0.263 e. The summed E-state index contributed by atoms with van der Waals surface area (Å²) in [6, 6.07) is 15.6. The van der Waals surface area contributed by atoms with Crippen molar-refractivity contribution in [2.75, 3.05) is 23.7 Å². The first kappa shape index (κ1) is 35.3. The lowest BCUT2D eigenvalue weighted by Crippen LogP contribution is -2.54. The van der Waals surface area contributed by atoms with Crippen molar-refractivity contribution in [3.63, 3.8) is 0 Å². The van der Waals surface area contributed by atoms with Gasteiger partial charge in [-0.05, 0) is 73.2 Å². The Morgan fingerprint density at radius 3 is 2.48 bits per heavy atom. The number of aromatic amines is 1.